The second-order valence-electron chi connectivity index (χ2n) is 10.5. The summed E-state index contributed by atoms with van der Waals surface area (Å²) in [5.41, 5.74) is -0.0221. The van der Waals surface area contributed by atoms with Gasteiger partial charge in [0.1, 0.15) is 11.1 Å². The van der Waals surface area contributed by atoms with Crippen molar-refractivity contribution < 1.29 is 9.59 Å². The molecule has 29 heavy (non-hydrogen) atoms. The fraction of sp³-hybridized carbons (Fsp3) is 0.696. The SMILES string of the molecule is CCNC(=O)c1cn(CC(C)C)cc(C(=O)N2CC3(C)CC2CC(C)(C)C3)c1=O. The lowest BCUT2D eigenvalue weighted by Gasteiger charge is -2.39. The molecule has 1 aliphatic carbocycles. The molecule has 6 heteroatoms. The number of carbonyl (C=O) groups is 2. The van der Waals surface area contributed by atoms with E-state index in [0.717, 1.165) is 19.3 Å². The first-order chi connectivity index (χ1) is 13.4. The highest BCUT2D eigenvalue weighted by Crippen LogP contribution is 2.52. The predicted octanol–water partition coefficient (Wildman–Crippen LogP) is 3.29. The summed E-state index contributed by atoms with van der Waals surface area (Å²) < 4.78 is 1.82. The molecule has 1 aromatic rings. The van der Waals surface area contributed by atoms with Crippen LogP contribution in [0.15, 0.2) is 17.2 Å². The molecule has 1 aromatic heterocycles. The Morgan fingerprint density at radius 2 is 1.83 bits per heavy atom. The summed E-state index contributed by atoms with van der Waals surface area (Å²) in [6.07, 6.45) is 6.24. The Morgan fingerprint density at radius 1 is 1.17 bits per heavy atom. The molecule has 0 spiro atoms. The van der Waals surface area contributed by atoms with Crippen LogP contribution in [0.25, 0.3) is 0 Å². The average Bonchev–Trinajstić information content (AvgIpc) is 2.84. The minimum atomic E-state index is -0.466. The van der Waals surface area contributed by atoms with Crippen molar-refractivity contribution in [2.24, 2.45) is 16.7 Å². The first-order valence-electron chi connectivity index (χ1n) is 10.8. The summed E-state index contributed by atoms with van der Waals surface area (Å²) in [6.45, 7) is 14.5. The Balaban J connectivity index is 2.01. The number of carbonyl (C=O) groups excluding carboxylic acids is 2. The molecular weight excluding hydrogens is 366 g/mol. The molecule has 2 fully saturated rings. The van der Waals surface area contributed by atoms with E-state index in [1.54, 1.807) is 12.4 Å². The van der Waals surface area contributed by atoms with Gasteiger partial charge in [-0.1, -0.05) is 34.6 Å². The van der Waals surface area contributed by atoms with Crippen LogP contribution in [0.4, 0.5) is 0 Å². The molecule has 6 nitrogen and oxygen atoms in total. The molecule has 3 rings (SSSR count). The molecule has 2 unspecified atom stereocenters. The van der Waals surface area contributed by atoms with Crippen LogP contribution in [0.3, 0.4) is 0 Å². The van der Waals surface area contributed by atoms with E-state index in [-0.39, 0.29) is 33.9 Å². The molecule has 2 aliphatic rings. The maximum atomic E-state index is 13.5. The van der Waals surface area contributed by atoms with Crippen LogP contribution in [0, 0.1) is 16.7 Å². The van der Waals surface area contributed by atoms with Gasteiger partial charge < -0.3 is 14.8 Å². The monoisotopic (exact) mass is 401 g/mol. The zero-order valence-electron chi connectivity index (χ0n) is 18.7. The van der Waals surface area contributed by atoms with Gasteiger partial charge in [0, 0.05) is 38.1 Å². The van der Waals surface area contributed by atoms with Gasteiger partial charge in [0.25, 0.3) is 11.8 Å². The zero-order chi connectivity index (χ0) is 21.6. The van der Waals surface area contributed by atoms with Crippen LogP contribution >= 0.6 is 0 Å². The van der Waals surface area contributed by atoms with Crippen molar-refractivity contribution in [3.63, 3.8) is 0 Å². The Bertz CT molecular complexity index is 871. The fourth-order valence-corrected chi connectivity index (χ4v) is 5.58. The van der Waals surface area contributed by atoms with Crippen molar-refractivity contribution in [3.05, 3.63) is 33.7 Å². The number of rotatable bonds is 5. The number of hydrogen-bond acceptors (Lipinski definition) is 3. The van der Waals surface area contributed by atoms with Gasteiger partial charge in [-0.3, -0.25) is 14.4 Å². The Hall–Kier alpha value is -2.11. The maximum absolute atomic E-state index is 13.5. The quantitative estimate of drug-likeness (QED) is 0.823. The number of fused-ring (bicyclic) bond motifs is 2. The number of hydrogen-bond donors (Lipinski definition) is 1. The fourth-order valence-electron chi connectivity index (χ4n) is 5.58. The van der Waals surface area contributed by atoms with Gasteiger partial charge >= 0.3 is 0 Å². The summed E-state index contributed by atoms with van der Waals surface area (Å²) >= 11 is 0. The summed E-state index contributed by atoms with van der Waals surface area (Å²) in [7, 11) is 0. The number of aromatic nitrogens is 1. The second-order valence-corrected chi connectivity index (χ2v) is 10.5. The standard InChI is InChI=1S/C23H35N3O3/c1-7-24-20(28)17-11-25(10-15(2)3)12-18(19(17)27)21(29)26-14-23(6)9-16(26)8-22(4,5)13-23/h11-12,15-16H,7-10,13-14H2,1-6H3,(H,24,28). The Labute approximate surface area is 173 Å². The van der Waals surface area contributed by atoms with E-state index < -0.39 is 11.3 Å². The minimum absolute atomic E-state index is 0.0482. The van der Waals surface area contributed by atoms with E-state index >= 15 is 0 Å². The van der Waals surface area contributed by atoms with E-state index in [2.05, 4.69) is 39.9 Å². The van der Waals surface area contributed by atoms with E-state index in [1.165, 1.54) is 0 Å². The van der Waals surface area contributed by atoms with Gasteiger partial charge in [-0.2, -0.15) is 0 Å². The summed E-state index contributed by atoms with van der Waals surface area (Å²) in [5.74, 6) is -0.323. The highest BCUT2D eigenvalue weighted by Gasteiger charge is 2.51. The number of amides is 2. The predicted molar refractivity (Wildman–Crippen MR) is 114 cm³/mol. The molecule has 160 valence electrons. The lowest BCUT2D eigenvalue weighted by molar-refractivity contribution is 0.0706. The summed E-state index contributed by atoms with van der Waals surface area (Å²) in [6, 6.07) is 0.155. The van der Waals surface area contributed by atoms with Crippen molar-refractivity contribution >= 4 is 11.8 Å². The third kappa shape index (κ3) is 4.41. The molecule has 0 aromatic carbocycles. The number of nitrogens with zero attached hydrogens (tertiary/aromatic N) is 2. The highest BCUT2D eigenvalue weighted by atomic mass is 16.2. The summed E-state index contributed by atoms with van der Waals surface area (Å²) in [4.78, 5) is 41.0. The van der Waals surface area contributed by atoms with Gasteiger partial charge in [0.2, 0.25) is 5.43 Å². The average molecular weight is 402 g/mol. The van der Waals surface area contributed by atoms with E-state index in [0.29, 0.717) is 25.6 Å². The van der Waals surface area contributed by atoms with Crippen LogP contribution in [0.2, 0.25) is 0 Å². The first kappa shape index (κ1) is 21.6. The third-order valence-corrected chi connectivity index (χ3v) is 6.14. The number of likely N-dealkylation sites (tertiary alicyclic amines) is 1. The van der Waals surface area contributed by atoms with Crippen molar-refractivity contribution in [3.8, 4) is 0 Å². The van der Waals surface area contributed by atoms with Gasteiger partial charge in [-0.15, -0.1) is 0 Å². The van der Waals surface area contributed by atoms with Crippen LogP contribution in [-0.2, 0) is 6.54 Å². The van der Waals surface area contributed by atoms with Crippen LogP contribution in [0.1, 0.15) is 81.5 Å². The van der Waals surface area contributed by atoms with E-state index in [4.69, 9.17) is 0 Å². The maximum Gasteiger partial charge on any atom is 0.259 e. The van der Waals surface area contributed by atoms with Crippen molar-refractivity contribution in [2.75, 3.05) is 13.1 Å². The van der Waals surface area contributed by atoms with Crippen LogP contribution in [0.5, 0.6) is 0 Å². The molecule has 1 N–H and O–H groups in total. The van der Waals surface area contributed by atoms with E-state index in [9.17, 15) is 14.4 Å². The highest BCUT2D eigenvalue weighted by molar-refractivity contribution is 5.99. The third-order valence-electron chi connectivity index (χ3n) is 6.14. The molecular formula is C23H35N3O3. The Morgan fingerprint density at radius 3 is 2.45 bits per heavy atom. The van der Waals surface area contributed by atoms with Crippen LogP contribution in [-0.4, -0.2) is 40.4 Å². The molecule has 0 radical (unpaired) electrons. The Kier molecular flexibility index (Phi) is 5.67. The van der Waals surface area contributed by atoms with Gasteiger partial charge in [-0.25, -0.2) is 0 Å². The first-order valence-corrected chi connectivity index (χ1v) is 10.8. The molecule has 1 aliphatic heterocycles. The second kappa shape index (κ2) is 7.62. The topological polar surface area (TPSA) is 71.4 Å². The normalized spacial score (nSPS) is 25.3. The largest absolute Gasteiger partial charge is 0.352 e. The molecule has 1 saturated carbocycles. The zero-order valence-corrected chi connectivity index (χ0v) is 18.7. The van der Waals surface area contributed by atoms with Gasteiger partial charge in [0.15, 0.2) is 0 Å². The van der Waals surface area contributed by atoms with E-state index in [1.807, 2.05) is 16.4 Å². The molecule has 2 amide bonds. The van der Waals surface area contributed by atoms with Crippen molar-refractivity contribution in [2.45, 2.75) is 73.4 Å². The number of nitrogens with one attached hydrogen (secondary N) is 1. The lowest BCUT2D eigenvalue weighted by atomic mass is 9.65. The summed E-state index contributed by atoms with van der Waals surface area (Å²) in [5, 5.41) is 2.70. The lowest BCUT2D eigenvalue weighted by Crippen LogP contribution is -2.41. The molecule has 1 saturated heterocycles. The van der Waals surface area contributed by atoms with Crippen molar-refractivity contribution in [1.29, 1.82) is 0 Å². The van der Waals surface area contributed by atoms with Gasteiger partial charge in [-0.05, 0) is 42.9 Å². The minimum Gasteiger partial charge on any atom is -0.352 e. The molecule has 2 atom stereocenters. The molecule has 2 bridgehead atoms. The number of pyridine rings is 1. The molecule has 2 heterocycles. The van der Waals surface area contributed by atoms with Crippen LogP contribution < -0.4 is 10.7 Å². The van der Waals surface area contributed by atoms with Crippen molar-refractivity contribution in [1.82, 2.24) is 14.8 Å². The van der Waals surface area contributed by atoms with Gasteiger partial charge in [0.05, 0.1) is 0 Å². The smallest absolute Gasteiger partial charge is 0.259 e.